The van der Waals surface area contributed by atoms with Crippen LogP contribution < -0.4 is 0 Å². The van der Waals surface area contributed by atoms with Gasteiger partial charge in [-0.3, -0.25) is 4.79 Å². The van der Waals surface area contributed by atoms with Gasteiger partial charge in [-0.05, 0) is 12.0 Å². The number of nitrogens with one attached hydrogen (secondary N) is 1. The predicted octanol–water partition coefficient (Wildman–Crippen LogP) is 2.63. The van der Waals surface area contributed by atoms with E-state index in [1.807, 2.05) is 6.07 Å². The molecule has 2 nitrogen and oxygen atoms in total. The molecular formula is C10H15NO. The molecule has 0 spiro atoms. The molecule has 0 fully saturated rings. The molecule has 0 aliphatic carbocycles. The Balaban J connectivity index is 2.50. The summed E-state index contributed by atoms with van der Waals surface area (Å²) in [5.41, 5.74) is 0.801. The number of aromatic amines is 1. The van der Waals surface area contributed by atoms with Crippen LogP contribution in [0.3, 0.4) is 0 Å². The van der Waals surface area contributed by atoms with E-state index in [1.54, 1.807) is 12.4 Å². The maximum atomic E-state index is 11.5. The summed E-state index contributed by atoms with van der Waals surface area (Å²) in [6.07, 6.45) is 5.26. The highest BCUT2D eigenvalue weighted by Crippen LogP contribution is 2.11. The van der Waals surface area contributed by atoms with Crippen molar-refractivity contribution in [3.05, 3.63) is 24.0 Å². The molecule has 0 radical (unpaired) electrons. The first-order valence-corrected chi connectivity index (χ1v) is 4.40. The van der Waals surface area contributed by atoms with Crippen LogP contribution in [0.2, 0.25) is 0 Å². The third kappa shape index (κ3) is 2.22. The Hall–Kier alpha value is -1.05. The fourth-order valence-electron chi connectivity index (χ4n) is 1.08. The third-order valence-electron chi connectivity index (χ3n) is 2.15. The number of carbonyl (C=O) groups is 1. The van der Waals surface area contributed by atoms with Gasteiger partial charge in [-0.25, -0.2) is 0 Å². The Kier molecular flexibility index (Phi) is 3.09. The van der Waals surface area contributed by atoms with Gasteiger partial charge in [0.2, 0.25) is 0 Å². The van der Waals surface area contributed by atoms with E-state index in [2.05, 4.69) is 18.8 Å². The lowest BCUT2D eigenvalue weighted by molar-refractivity contribution is 0.0964. The molecule has 0 aliphatic rings. The number of H-pyrrole nitrogens is 1. The van der Waals surface area contributed by atoms with Gasteiger partial charge in [-0.15, -0.1) is 0 Å². The van der Waals surface area contributed by atoms with E-state index in [-0.39, 0.29) is 5.78 Å². The number of hydrogen-bond acceptors (Lipinski definition) is 1. The van der Waals surface area contributed by atoms with E-state index in [9.17, 15) is 4.79 Å². The van der Waals surface area contributed by atoms with Crippen LogP contribution in [0.5, 0.6) is 0 Å². The Labute approximate surface area is 73.0 Å². The minimum Gasteiger partial charge on any atom is -0.367 e. The summed E-state index contributed by atoms with van der Waals surface area (Å²) in [6.45, 7) is 4.21. The van der Waals surface area contributed by atoms with E-state index < -0.39 is 0 Å². The minimum atomic E-state index is 0.241. The van der Waals surface area contributed by atoms with Crippen molar-refractivity contribution in [2.24, 2.45) is 5.92 Å². The zero-order valence-electron chi connectivity index (χ0n) is 7.63. The van der Waals surface area contributed by atoms with Gasteiger partial charge in [0.05, 0.1) is 0 Å². The number of rotatable bonds is 4. The molecule has 1 unspecified atom stereocenters. The molecule has 66 valence electrons. The molecular weight excluding hydrogens is 150 g/mol. The molecule has 1 rings (SSSR count). The molecule has 12 heavy (non-hydrogen) atoms. The highest BCUT2D eigenvalue weighted by atomic mass is 16.1. The van der Waals surface area contributed by atoms with Gasteiger partial charge in [-0.1, -0.05) is 20.3 Å². The quantitative estimate of drug-likeness (QED) is 0.683. The van der Waals surface area contributed by atoms with Crippen molar-refractivity contribution in [1.29, 1.82) is 0 Å². The Morgan fingerprint density at radius 1 is 1.67 bits per heavy atom. The maximum absolute atomic E-state index is 11.5. The number of Topliss-reactive ketones (excluding diaryl/α,β-unsaturated/α-hetero) is 1. The van der Waals surface area contributed by atoms with Crippen LogP contribution in [0.1, 0.15) is 37.0 Å². The Morgan fingerprint density at radius 3 is 2.92 bits per heavy atom. The van der Waals surface area contributed by atoms with Crippen molar-refractivity contribution in [1.82, 2.24) is 4.98 Å². The second-order valence-electron chi connectivity index (χ2n) is 3.24. The lowest BCUT2D eigenvalue weighted by Gasteiger charge is -2.04. The summed E-state index contributed by atoms with van der Waals surface area (Å²) >= 11 is 0. The summed E-state index contributed by atoms with van der Waals surface area (Å²) in [5, 5.41) is 0. The van der Waals surface area contributed by atoms with Gasteiger partial charge < -0.3 is 4.98 Å². The highest BCUT2D eigenvalue weighted by molar-refractivity contribution is 5.95. The first-order chi connectivity index (χ1) is 5.74. The number of hydrogen-bond donors (Lipinski definition) is 1. The van der Waals surface area contributed by atoms with Gasteiger partial charge in [0.25, 0.3) is 0 Å². The summed E-state index contributed by atoms with van der Waals surface area (Å²) in [5.74, 6) is 0.734. The largest absolute Gasteiger partial charge is 0.367 e. The summed E-state index contributed by atoms with van der Waals surface area (Å²) in [6, 6.07) is 1.82. The van der Waals surface area contributed by atoms with Crippen LogP contribution in [0.25, 0.3) is 0 Å². The van der Waals surface area contributed by atoms with Crippen LogP contribution in [0, 0.1) is 5.92 Å². The Morgan fingerprint density at radius 2 is 2.42 bits per heavy atom. The van der Waals surface area contributed by atoms with E-state index >= 15 is 0 Å². The molecule has 0 saturated carbocycles. The summed E-state index contributed by atoms with van der Waals surface area (Å²) in [4.78, 5) is 14.3. The van der Waals surface area contributed by atoms with Crippen LogP contribution in [0.15, 0.2) is 18.5 Å². The van der Waals surface area contributed by atoms with Crippen molar-refractivity contribution in [2.45, 2.75) is 26.7 Å². The maximum Gasteiger partial charge on any atom is 0.164 e. The van der Waals surface area contributed by atoms with E-state index in [1.165, 1.54) is 0 Å². The first-order valence-electron chi connectivity index (χ1n) is 4.40. The Bertz CT molecular complexity index is 238. The highest BCUT2D eigenvalue weighted by Gasteiger charge is 2.09. The molecule has 0 saturated heterocycles. The number of ketones is 1. The molecule has 0 aromatic carbocycles. The second-order valence-corrected chi connectivity index (χ2v) is 3.24. The van der Waals surface area contributed by atoms with Gasteiger partial charge in [0.1, 0.15) is 0 Å². The van der Waals surface area contributed by atoms with Crippen LogP contribution >= 0.6 is 0 Å². The molecule has 1 aromatic rings. The number of carbonyl (C=O) groups excluding carboxylic acids is 1. The molecule has 2 heteroatoms. The van der Waals surface area contributed by atoms with Gasteiger partial charge in [0, 0.05) is 24.4 Å². The molecule has 0 amide bonds. The van der Waals surface area contributed by atoms with Gasteiger partial charge in [0.15, 0.2) is 5.78 Å². The van der Waals surface area contributed by atoms with Crippen molar-refractivity contribution in [2.75, 3.05) is 0 Å². The van der Waals surface area contributed by atoms with E-state index in [0.717, 1.165) is 12.0 Å². The van der Waals surface area contributed by atoms with Crippen LogP contribution in [-0.4, -0.2) is 10.8 Å². The topological polar surface area (TPSA) is 32.9 Å². The zero-order valence-corrected chi connectivity index (χ0v) is 7.63. The van der Waals surface area contributed by atoms with Crippen molar-refractivity contribution < 1.29 is 4.79 Å². The van der Waals surface area contributed by atoms with Gasteiger partial charge >= 0.3 is 0 Å². The van der Waals surface area contributed by atoms with Crippen LogP contribution in [-0.2, 0) is 0 Å². The molecule has 1 heterocycles. The van der Waals surface area contributed by atoms with Crippen LogP contribution in [0.4, 0.5) is 0 Å². The second kappa shape index (κ2) is 4.10. The first kappa shape index (κ1) is 9.04. The molecule has 1 atom stereocenters. The number of aromatic nitrogens is 1. The fraction of sp³-hybridized carbons (Fsp3) is 0.500. The van der Waals surface area contributed by atoms with Crippen molar-refractivity contribution in [3.8, 4) is 0 Å². The molecule has 0 bridgehead atoms. The average molecular weight is 165 g/mol. The lowest BCUT2D eigenvalue weighted by Crippen LogP contribution is -2.03. The predicted molar refractivity (Wildman–Crippen MR) is 49.2 cm³/mol. The van der Waals surface area contributed by atoms with Crippen molar-refractivity contribution in [3.63, 3.8) is 0 Å². The SMILES string of the molecule is CCC(C)CC(=O)c1cc[nH]c1. The van der Waals surface area contributed by atoms with Gasteiger partial charge in [-0.2, -0.15) is 0 Å². The summed E-state index contributed by atoms with van der Waals surface area (Å²) < 4.78 is 0. The summed E-state index contributed by atoms with van der Waals surface area (Å²) in [7, 11) is 0. The zero-order chi connectivity index (χ0) is 8.97. The minimum absolute atomic E-state index is 0.241. The third-order valence-corrected chi connectivity index (χ3v) is 2.15. The van der Waals surface area contributed by atoms with E-state index in [4.69, 9.17) is 0 Å². The average Bonchev–Trinajstić information content (AvgIpc) is 2.56. The molecule has 0 aliphatic heterocycles. The molecule has 1 N–H and O–H groups in total. The monoisotopic (exact) mass is 165 g/mol. The smallest absolute Gasteiger partial charge is 0.164 e. The lowest BCUT2D eigenvalue weighted by atomic mass is 9.99. The van der Waals surface area contributed by atoms with Crippen molar-refractivity contribution >= 4 is 5.78 Å². The van der Waals surface area contributed by atoms with E-state index in [0.29, 0.717) is 12.3 Å². The normalized spacial score (nSPS) is 12.8. The fourth-order valence-corrected chi connectivity index (χ4v) is 1.08. The molecule has 1 aromatic heterocycles. The standard InChI is InChI=1S/C10H15NO/c1-3-8(2)6-10(12)9-4-5-11-7-9/h4-5,7-8,11H,3,6H2,1-2H3.